The third kappa shape index (κ3) is 2.31. The Morgan fingerprint density at radius 1 is 0.654 bits per heavy atom. The van der Waals surface area contributed by atoms with E-state index in [2.05, 4.69) is 61.9 Å². The van der Waals surface area contributed by atoms with E-state index in [9.17, 15) is 0 Å². The SMILES string of the molecule is C1CN(c2nonc2-c2nn[nH]n2)CCN1c1nonc1-c1nn[nH]n1. The molecule has 0 spiro atoms. The predicted molar refractivity (Wildman–Crippen MR) is 79.4 cm³/mol. The third-order valence-electron chi connectivity index (χ3n) is 3.94. The third-order valence-corrected chi connectivity index (χ3v) is 3.94. The molecule has 1 fully saturated rings. The lowest BCUT2D eigenvalue weighted by Crippen LogP contribution is -2.47. The van der Waals surface area contributed by atoms with Crippen molar-refractivity contribution in [1.82, 2.24) is 61.9 Å². The minimum atomic E-state index is 0.323. The number of piperazine rings is 1. The molecule has 16 nitrogen and oxygen atoms in total. The van der Waals surface area contributed by atoms with Crippen LogP contribution in [0.15, 0.2) is 9.26 Å². The van der Waals surface area contributed by atoms with Gasteiger partial charge in [0.25, 0.3) is 0 Å². The Labute approximate surface area is 142 Å². The first-order chi connectivity index (χ1) is 12.9. The Bertz CT molecular complexity index is 885. The molecule has 1 aliphatic heterocycles. The molecule has 0 radical (unpaired) electrons. The fraction of sp³-hybridized carbons (Fsp3) is 0.400. The molecule has 0 aromatic carbocycles. The van der Waals surface area contributed by atoms with Crippen LogP contribution in [-0.2, 0) is 0 Å². The Morgan fingerprint density at radius 3 is 1.50 bits per heavy atom. The number of hydrogen-bond donors (Lipinski definition) is 2. The summed E-state index contributed by atoms with van der Waals surface area (Å²) in [6.07, 6.45) is 0. The van der Waals surface area contributed by atoms with E-state index in [0.29, 0.717) is 60.9 Å². The van der Waals surface area contributed by atoms with Gasteiger partial charge in [-0.05, 0) is 31.1 Å². The number of rotatable bonds is 4. The topological polar surface area (TPSA) is 193 Å². The lowest BCUT2D eigenvalue weighted by Gasteiger charge is -2.34. The zero-order valence-corrected chi connectivity index (χ0v) is 13.0. The predicted octanol–water partition coefficient (Wildman–Crippen LogP) is -1.86. The number of aromatic nitrogens is 12. The van der Waals surface area contributed by atoms with E-state index in [4.69, 9.17) is 9.26 Å². The average molecular weight is 358 g/mol. The van der Waals surface area contributed by atoms with Crippen LogP contribution in [0.2, 0.25) is 0 Å². The van der Waals surface area contributed by atoms with Crippen LogP contribution in [-0.4, -0.2) is 88.1 Å². The Morgan fingerprint density at radius 2 is 1.12 bits per heavy atom. The summed E-state index contributed by atoms with van der Waals surface area (Å²) in [6.45, 7) is 2.55. The van der Waals surface area contributed by atoms with Crippen LogP contribution in [0, 0.1) is 0 Å². The highest BCUT2D eigenvalue weighted by Gasteiger charge is 2.29. The average Bonchev–Trinajstić information content (AvgIpc) is 3.49. The van der Waals surface area contributed by atoms with E-state index in [0.717, 1.165) is 0 Å². The molecule has 4 aromatic heterocycles. The second-order valence-corrected chi connectivity index (χ2v) is 5.32. The first kappa shape index (κ1) is 14.4. The lowest BCUT2D eigenvalue weighted by molar-refractivity contribution is 0.307. The summed E-state index contributed by atoms with van der Waals surface area (Å²) in [7, 11) is 0. The number of hydrogen-bond acceptors (Lipinski definition) is 14. The number of tetrazole rings is 2. The van der Waals surface area contributed by atoms with Crippen LogP contribution in [0.3, 0.4) is 0 Å². The van der Waals surface area contributed by atoms with E-state index in [1.165, 1.54) is 0 Å². The zero-order valence-electron chi connectivity index (χ0n) is 13.0. The van der Waals surface area contributed by atoms with Crippen molar-refractivity contribution < 1.29 is 9.26 Å². The van der Waals surface area contributed by atoms with Gasteiger partial charge in [-0.2, -0.15) is 10.4 Å². The highest BCUT2D eigenvalue weighted by atomic mass is 16.6. The molecule has 4 aromatic rings. The first-order valence-electron chi connectivity index (χ1n) is 7.53. The van der Waals surface area contributed by atoms with Gasteiger partial charge < -0.3 is 9.80 Å². The molecule has 0 amide bonds. The normalized spacial score (nSPS) is 14.9. The maximum atomic E-state index is 4.85. The van der Waals surface area contributed by atoms with Crippen molar-refractivity contribution in [1.29, 1.82) is 0 Å². The van der Waals surface area contributed by atoms with Crippen molar-refractivity contribution in [2.24, 2.45) is 0 Å². The molecule has 0 bridgehead atoms. The molecular weight excluding hydrogens is 348 g/mol. The summed E-state index contributed by atoms with van der Waals surface area (Å²) < 4.78 is 9.70. The molecule has 0 unspecified atom stereocenters. The zero-order chi connectivity index (χ0) is 17.3. The fourth-order valence-electron chi connectivity index (χ4n) is 2.72. The van der Waals surface area contributed by atoms with E-state index in [-0.39, 0.29) is 0 Å². The number of nitrogens with one attached hydrogen (secondary N) is 2. The van der Waals surface area contributed by atoms with Gasteiger partial charge >= 0.3 is 0 Å². The summed E-state index contributed by atoms with van der Waals surface area (Å²) in [6, 6.07) is 0. The van der Waals surface area contributed by atoms with Gasteiger partial charge in [0, 0.05) is 26.2 Å². The Kier molecular flexibility index (Phi) is 3.22. The molecule has 2 N–H and O–H groups in total. The van der Waals surface area contributed by atoms with Gasteiger partial charge in [0.2, 0.25) is 23.3 Å². The monoisotopic (exact) mass is 358 g/mol. The van der Waals surface area contributed by atoms with Crippen LogP contribution in [0.5, 0.6) is 0 Å². The van der Waals surface area contributed by atoms with Crippen molar-refractivity contribution >= 4 is 11.6 Å². The quantitative estimate of drug-likeness (QED) is 0.412. The number of anilines is 2. The van der Waals surface area contributed by atoms with Crippen LogP contribution in [0.25, 0.3) is 23.0 Å². The van der Waals surface area contributed by atoms with Crippen molar-refractivity contribution in [3.05, 3.63) is 0 Å². The standard InChI is InChI=1S/C10H10N14O2/c1-2-24(10-6(16-26-18-10)8-13-21-22-14-8)4-3-23(1)9-5(15-25-17-9)7-11-19-20-12-7/h1-4H2,(H,11,12,19,20)(H,13,14,21,22). The molecule has 0 atom stereocenters. The van der Waals surface area contributed by atoms with E-state index in [1.807, 2.05) is 9.80 Å². The van der Waals surface area contributed by atoms with Crippen LogP contribution < -0.4 is 9.80 Å². The molecule has 132 valence electrons. The van der Waals surface area contributed by atoms with E-state index in [1.54, 1.807) is 0 Å². The molecule has 26 heavy (non-hydrogen) atoms. The highest BCUT2D eigenvalue weighted by molar-refractivity contribution is 5.68. The lowest BCUT2D eigenvalue weighted by atomic mass is 10.2. The van der Waals surface area contributed by atoms with Crippen molar-refractivity contribution in [2.45, 2.75) is 0 Å². The van der Waals surface area contributed by atoms with Gasteiger partial charge in [-0.15, -0.1) is 20.4 Å². The maximum Gasteiger partial charge on any atom is 0.230 e. The first-order valence-corrected chi connectivity index (χ1v) is 7.53. The van der Waals surface area contributed by atoms with Crippen molar-refractivity contribution in [3.63, 3.8) is 0 Å². The minimum absolute atomic E-state index is 0.323. The summed E-state index contributed by atoms with van der Waals surface area (Å²) >= 11 is 0. The summed E-state index contributed by atoms with van der Waals surface area (Å²) in [5, 5.41) is 43.1. The van der Waals surface area contributed by atoms with Gasteiger partial charge in [0.05, 0.1) is 0 Å². The summed E-state index contributed by atoms with van der Waals surface area (Å²) in [5.41, 5.74) is 0.866. The van der Waals surface area contributed by atoms with Crippen molar-refractivity contribution in [3.8, 4) is 23.0 Å². The van der Waals surface area contributed by atoms with Crippen molar-refractivity contribution in [2.75, 3.05) is 36.0 Å². The maximum absolute atomic E-state index is 4.85. The van der Waals surface area contributed by atoms with Crippen LogP contribution in [0.4, 0.5) is 11.6 Å². The van der Waals surface area contributed by atoms with Gasteiger partial charge in [0.1, 0.15) is 0 Å². The summed E-state index contributed by atoms with van der Waals surface area (Å²) in [5.74, 6) is 1.76. The van der Waals surface area contributed by atoms with Gasteiger partial charge in [0.15, 0.2) is 11.4 Å². The molecule has 1 aliphatic rings. The number of aromatic amines is 2. The highest BCUT2D eigenvalue weighted by Crippen LogP contribution is 2.28. The number of nitrogens with zero attached hydrogens (tertiary/aromatic N) is 12. The minimum Gasteiger partial charge on any atom is -0.348 e. The van der Waals surface area contributed by atoms with Crippen LogP contribution >= 0.6 is 0 Å². The van der Waals surface area contributed by atoms with E-state index >= 15 is 0 Å². The van der Waals surface area contributed by atoms with Gasteiger partial charge in [-0.1, -0.05) is 0 Å². The van der Waals surface area contributed by atoms with Gasteiger partial charge in [-0.25, -0.2) is 9.26 Å². The molecule has 0 aliphatic carbocycles. The Balaban J connectivity index is 1.34. The second-order valence-electron chi connectivity index (χ2n) is 5.32. The van der Waals surface area contributed by atoms with Crippen LogP contribution in [0.1, 0.15) is 0 Å². The molecule has 0 saturated carbocycles. The molecule has 5 rings (SSSR count). The molecule has 1 saturated heterocycles. The smallest absolute Gasteiger partial charge is 0.230 e. The van der Waals surface area contributed by atoms with Gasteiger partial charge in [-0.3, -0.25) is 0 Å². The molecule has 16 heteroatoms. The molecule has 5 heterocycles. The second kappa shape index (κ2) is 5.83. The Hall–Kier alpha value is -3.98. The fourth-order valence-corrected chi connectivity index (χ4v) is 2.72. The molecular formula is C10H10N14O2. The summed E-state index contributed by atoms with van der Waals surface area (Å²) in [4.78, 5) is 4.03. The number of H-pyrrole nitrogens is 2. The largest absolute Gasteiger partial charge is 0.348 e. The van der Waals surface area contributed by atoms with E-state index < -0.39 is 0 Å².